The van der Waals surface area contributed by atoms with Crippen molar-refractivity contribution in [3.8, 4) is 0 Å². The molecule has 1 atom stereocenters. The van der Waals surface area contributed by atoms with Crippen LogP contribution in [0.2, 0.25) is 0 Å². The van der Waals surface area contributed by atoms with Crippen LogP contribution in [-0.4, -0.2) is 51.6 Å². The number of ether oxygens (including phenoxy) is 3. The van der Waals surface area contributed by atoms with E-state index in [1.807, 2.05) is 6.92 Å². The first kappa shape index (κ1) is 17.4. The summed E-state index contributed by atoms with van der Waals surface area (Å²) in [7, 11) is 0. The van der Waals surface area contributed by atoms with E-state index in [-0.39, 0.29) is 12.0 Å². The molecule has 5 nitrogen and oxygen atoms in total. The zero-order valence-corrected chi connectivity index (χ0v) is 11.9. The molecule has 108 valence electrons. The van der Waals surface area contributed by atoms with Crippen molar-refractivity contribution >= 4 is 5.97 Å². The van der Waals surface area contributed by atoms with Gasteiger partial charge in [-0.3, -0.25) is 4.79 Å². The molecule has 0 aliphatic rings. The van der Waals surface area contributed by atoms with Crippen molar-refractivity contribution < 1.29 is 19.0 Å². The summed E-state index contributed by atoms with van der Waals surface area (Å²) in [6, 6.07) is -0.384. The summed E-state index contributed by atoms with van der Waals surface area (Å²) < 4.78 is 15.7. The highest BCUT2D eigenvalue weighted by atomic mass is 16.5. The normalized spacial score (nSPS) is 12.4. The van der Waals surface area contributed by atoms with Gasteiger partial charge in [-0.2, -0.15) is 0 Å². The zero-order chi connectivity index (χ0) is 13.6. The van der Waals surface area contributed by atoms with E-state index in [1.165, 1.54) is 0 Å². The van der Waals surface area contributed by atoms with Gasteiger partial charge in [0.1, 0.15) is 6.04 Å². The lowest BCUT2D eigenvalue weighted by atomic mass is 10.3. The third-order valence-electron chi connectivity index (χ3n) is 2.32. The third kappa shape index (κ3) is 9.39. The molecular formula is C13H27NO4. The number of carbonyl (C=O) groups excluding carboxylic acids is 1. The maximum Gasteiger partial charge on any atom is 0.325 e. The van der Waals surface area contributed by atoms with Gasteiger partial charge >= 0.3 is 5.97 Å². The summed E-state index contributed by atoms with van der Waals surface area (Å²) in [4.78, 5) is 11.5. The van der Waals surface area contributed by atoms with Crippen molar-refractivity contribution in [3.63, 3.8) is 0 Å². The van der Waals surface area contributed by atoms with Crippen LogP contribution in [0.5, 0.6) is 0 Å². The maximum absolute atomic E-state index is 11.5. The molecule has 18 heavy (non-hydrogen) atoms. The van der Waals surface area contributed by atoms with Gasteiger partial charge in [0.25, 0.3) is 0 Å². The van der Waals surface area contributed by atoms with Gasteiger partial charge in [-0.1, -0.05) is 20.3 Å². The first-order chi connectivity index (χ1) is 8.76. The molecule has 0 aromatic rings. The molecular weight excluding hydrogens is 234 g/mol. The highest BCUT2D eigenvalue weighted by molar-refractivity contribution is 5.75. The Balaban J connectivity index is 3.60. The second kappa shape index (κ2) is 12.8. The summed E-state index contributed by atoms with van der Waals surface area (Å²) >= 11 is 0. The Kier molecular flexibility index (Phi) is 12.3. The largest absolute Gasteiger partial charge is 0.465 e. The molecule has 0 amide bonds. The molecule has 1 N–H and O–H groups in total. The average Bonchev–Trinajstić information content (AvgIpc) is 2.36. The smallest absolute Gasteiger partial charge is 0.325 e. The molecule has 0 fully saturated rings. The molecule has 0 heterocycles. The lowest BCUT2D eigenvalue weighted by molar-refractivity contribution is -0.147. The number of hydrogen-bond acceptors (Lipinski definition) is 5. The Morgan fingerprint density at radius 3 is 2.44 bits per heavy atom. The predicted molar refractivity (Wildman–Crippen MR) is 70.6 cm³/mol. The fourth-order valence-electron chi connectivity index (χ4n) is 1.37. The van der Waals surface area contributed by atoms with E-state index in [9.17, 15) is 4.79 Å². The SMILES string of the molecule is CCCCOCCOCC(NCC)C(=O)OCC. The van der Waals surface area contributed by atoms with Crippen LogP contribution in [-0.2, 0) is 19.0 Å². The standard InChI is InChI=1S/C13H27NO4/c1-4-7-8-16-9-10-17-11-12(14-5-2)13(15)18-6-3/h12,14H,4-11H2,1-3H3. The molecule has 0 saturated carbocycles. The van der Waals surface area contributed by atoms with Crippen LogP contribution in [0.4, 0.5) is 0 Å². The number of esters is 1. The Morgan fingerprint density at radius 1 is 1.11 bits per heavy atom. The highest BCUT2D eigenvalue weighted by Gasteiger charge is 2.18. The van der Waals surface area contributed by atoms with Crippen molar-refractivity contribution in [2.24, 2.45) is 0 Å². The van der Waals surface area contributed by atoms with Gasteiger partial charge in [0.15, 0.2) is 0 Å². The quantitative estimate of drug-likeness (QED) is 0.424. The molecule has 0 radical (unpaired) electrons. The van der Waals surface area contributed by atoms with Gasteiger partial charge in [0.2, 0.25) is 0 Å². The van der Waals surface area contributed by atoms with E-state index in [2.05, 4.69) is 12.2 Å². The molecule has 0 aromatic heterocycles. The number of hydrogen-bond donors (Lipinski definition) is 1. The monoisotopic (exact) mass is 261 g/mol. The minimum Gasteiger partial charge on any atom is -0.465 e. The summed E-state index contributed by atoms with van der Waals surface area (Å²) in [5, 5.41) is 3.04. The maximum atomic E-state index is 11.5. The van der Waals surface area contributed by atoms with Gasteiger partial charge in [0.05, 0.1) is 26.4 Å². The van der Waals surface area contributed by atoms with Crippen molar-refractivity contribution in [2.45, 2.75) is 39.7 Å². The summed E-state index contributed by atoms with van der Waals surface area (Å²) in [5.74, 6) is -0.258. The topological polar surface area (TPSA) is 56.8 Å². The molecule has 0 bridgehead atoms. The van der Waals surface area contributed by atoms with Gasteiger partial charge < -0.3 is 19.5 Å². The first-order valence-electron chi connectivity index (χ1n) is 6.81. The van der Waals surface area contributed by atoms with E-state index < -0.39 is 0 Å². The van der Waals surface area contributed by atoms with Crippen molar-refractivity contribution in [3.05, 3.63) is 0 Å². The minimum absolute atomic E-state index is 0.258. The van der Waals surface area contributed by atoms with Crippen LogP contribution in [0.1, 0.15) is 33.6 Å². The van der Waals surface area contributed by atoms with Gasteiger partial charge in [-0.25, -0.2) is 0 Å². The molecule has 1 unspecified atom stereocenters. The van der Waals surface area contributed by atoms with Crippen molar-refractivity contribution in [1.29, 1.82) is 0 Å². The highest BCUT2D eigenvalue weighted by Crippen LogP contribution is 1.93. The molecule has 0 saturated heterocycles. The van der Waals surface area contributed by atoms with E-state index in [1.54, 1.807) is 6.92 Å². The molecule has 0 rings (SSSR count). The molecule has 5 heteroatoms. The van der Waals surface area contributed by atoms with Crippen LogP contribution in [0.15, 0.2) is 0 Å². The van der Waals surface area contributed by atoms with Crippen LogP contribution >= 0.6 is 0 Å². The van der Waals surface area contributed by atoms with Crippen LogP contribution in [0.3, 0.4) is 0 Å². The van der Waals surface area contributed by atoms with Gasteiger partial charge in [0, 0.05) is 6.61 Å². The predicted octanol–water partition coefficient (Wildman–Crippen LogP) is 1.36. The number of unbranched alkanes of at least 4 members (excludes halogenated alkanes) is 1. The summed E-state index contributed by atoms with van der Waals surface area (Å²) in [5.41, 5.74) is 0. The molecule has 0 aromatic carbocycles. The zero-order valence-electron chi connectivity index (χ0n) is 11.9. The van der Waals surface area contributed by atoms with Gasteiger partial charge in [-0.05, 0) is 19.9 Å². The van der Waals surface area contributed by atoms with E-state index in [0.29, 0.717) is 33.0 Å². The Bertz CT molecular complexity index is 199. The van der Waals surface area contributed by atoms with Crippen LogP contribution in [0.25, 0.3) is 0 Å². The summed E-state index contributed by atoms with van der Waals surface area (Å²) in [6.45, 7) is 9.13. The number of rotatable bonds is 12. The third-order valence-corrected chi connectivity index (χ3v) is 2.32. The Morgan fingerprint density at radius 2 is 1.83 bits per heavy atom. The second-order valence-corrected chi connectivity index (χ2v) is 3.90. The van der Waals surface area contributed by atoms with Gasteiger partial charge in [-0.15, -0.1) is 0 Å². The minimum atomic E-state index is -0.384. The lowest BCUT2D eigenvalue weighted by Crippen LogP contribution is -2.41. The molecule has 0 spiro atoms. The van der Waals surface area contributed by atoms with Crippen molar-refractivity contribution in [1.82, 2.24) is 5.32 Å². The number of likely N-dealkylation sites (N-methyl/N-ethyl adjacent to an activating group) is 1. The molecule has 0 aliphatic heterocycles. The Hall–Kier alpha value is -0.650. The van der Waals surface area contributed by atoms with E-state index in [4.69, 9.17) is 14.2 Å². The number of carbonyl (C=O) groups is 1. The lowest BCUT2D eigenvalue weighted by Gasteiger charge is -2.16. The second-order valence-electron chi connectivity index (χ2n) is 3.90. The fraction of sp³-hybridized carbons (Fsp3) is 0.923. The van der Waals surface area contributed by atoms with E-state index in [0.717, 1.165) is 19.4 Å². The molecule has 0 aliphatic carbocycles. The first-order valence-corrected chi connectivity index (χ1v) is 6.81. The van der Waals surface area contributed by atoms with Crippen LogP contribution in [0, 0.1) is 0 Å². The number of nitrogens with one attached hydrogen (secondary N) is 1. The van der Waals surface area contributed by atoms with Crippen LogP contribution < -0.4 is 5.32 Å². The van der Waals surface area contributed by atoms with Crippen molar-refractivity contribution in [2.75, 3.05) is 39.6 Å². The Labute approximate surface area is 110 Å². The van der Waals surface area contributed by atoms with E-state index >= 15 is 0 Å². The summed E-state index contributed by atoms with van der Waals surface area (Å²) in [6.07, 6.45) is 2.20. The fourth-order valence-corrected chi connectivity index (χ4v) is 1.37. The average molecular weight is 261 g/mol.